The number of amides is 1. The van der Waals surface area contributed by atoms with Crippen LogP contribution in [-0.4, -0.2) is 27.7 Å². The van der Waals surface area contributed by atoms with Gasteiger partial charge in [-0.25, -0.2) is 4.98 Å². The van der Waals surface area contributed by atoms with E-state index in [1.807, 2.05) is 29.8 Å². The van der Waals surface area contributed by atoms with E-state index in [2.05, 4.69) is 15.4 Å². The Labute approximate surface area is 99.5 Å². The topological polar surface area (TPSA) is 59.8 Å². The molecule has 88 valence electrons. The van der Waals surface area contributed by atoms with Crippen LogP contribution in [0.2, 0.25) is 0 Å². The molecule has 0 unspecified atom stereocenters. The van der Waals surface area contributed by atoms with E-state index in [0.29, 0.717) is 5.69 Å². The summed E-state index contributed by atoms with van der Waals surface area (Å²) in [5.41, 5.74) is 2.08. The van der Waals surface area contributed by atoms with Crippen molar-refractivity contribution in [2.24, 2.45) is 0 Å². The van der Waals surface area contributed by atoms with Crippen molar-refractivity contribution in [3.05, 3.63) is 36.2 Å². The van der Waals surface area contributed by atoms with Gasteiger partial charge in [0.1, 0.15) is 5.69 Å². The molecule has 0 radical (unpaired) electrons. The number of nitrogens with zero attached hydrogens (tertiary/aromatic N) is 3. The average Bonchev–Trinajstić information content (AvgIpc) is 2.86. The number of hydrogen-bond donors (Lipinski definition) is 1. The van der Waals surface area contributed by atoms with Gasteiger partial charge in [-0.05, 0) is 25.1 Å². The smallest absolute Gasteiger partial charge is 0.269 e. The van der Waals surface area contributed by atoms with Gasteiger partial charge in [-0.1, -0.05) is 6.07 Å². The van der Waals surface area contributed by atoms with Gasteiger partial charge in [0.2, 0.25) is 0 Å². The van der Waals surface area contributed by atoms with Crippen molar-refractivity contribution >= 4 is 5.91 Å². The highest BCUT2D eigenvalue weighted by Gasteiger charge is 2.09. The molecule has 2 rings (SSSR count). The molecule has 0 saturated carbocycles. The summed E-state index contributed by atoms with van der Waals surface area (Å²) in [6.45, 7) is 2.79. The third kappa shape index (κ3) is 2.18. The van der Waals surface area contributed by atoms with Gasteiger partial charge in [-0.15, -0.1) is 0 Å². The number of pyridine rings is 1. The number of rotatable bonds is 3. The van der Waals surface area contributed by atoms with Gasteiger partial charge in [0.15, 0.2) is 0 Å². The Kier molecular flexibility index (Phi) is 3.18. The minimum Gasteiger partial charge on any atom is -0.354 e. The second kappa shape index (κ2) is 4.78. The molecule has 1 N–H and O–H groups in total. The predicted molar refractivity (Wildman–Crippen MR) is 64.5 cm³/mol. The number of hydrogen-bond acceptors (Lipinski definition) is 3. The first-order valence-corrected chi connectivity index (χ1v) is 5.47. The van der Waals surface area contributed by atoms with Crippen molar-refractivity contribution in [1.82, 2.24) is 20.1 Å². The normalized spacial score (nSPS) is 10.2. The summed E-state index contributed by atoms with van der Waals surface area (Å²) in [4.78, 5) is 15.8. The number of carbonyl (C=O) groups is 1. The van der Waals surface area contributed by atoms with Crippen molar-refractivity contribution in [2.45, 2.75) is 13.5 Å². The van der Waals surface area contributed by atoms with Gasteiger partial charge >= 0.3 is 0 Å². The molecule has 2 heterocycles. The second-order valence-corrected chi connectivity index (χ2v) is 3.52. The van der Waals surface area contributed by atoms with Crippen LogP contribution in [0.25, 0.3) is 11.4 Å². The fourth-order valence-corrected chi connectivity index (χ4v) is 1.63. The lowest BCUT2D eigenvalue weighted by Crippen LogP contribution is -2.19. The Morgan fingerprint density at radius 3 is 2.94 bits per heavy atom. The van der Waals surface area contributed by atoms with Crippen molar-refractivity contribution in [3.63, 3.8) is 0 Å². The van der Waals surface area contributed by atoms with Crippen molar-refractivity contribution in [3.8, 4) is 11.4 Å². The zero-order valence-electron chi connectivity index (χ0n) is 9.84. The van der Waals surface area contributed by atoms with E-state index in [4.69, 9.17) is 0 Å². The van der Waals surface area contributed by atoms with E-state index in [1.165, 1.54) is 0 Å². The molecule has 5 heteroatoms. The average molecular weight is 230 g/mol. The van der Waals surface area contributed by atoms with Crippen LogP contribution in [0.5, 0.6) is 0 Å². The predicted octanol–water partition coefficient (Wildman–Crippen LogP) is 1.32. The molecule has 0 aliphatic rings. The van der Waals surface area contributed by atoms with Gasteiger partial charge < -0.3 is 5.32 Å². The lowest BCUT2D eigenvalue weighted by Gasteiger charge is -2.05. The van der Waals surface area contributed by atoms with E-state index >= 15 is 0 Å². The highest BCUT2D eigenvalue weighted by Crippen LogP contribution is 2.16. The molecular weight excluding hydrogens is 216 g/mol. The number of nitrogens with one attached hydrogen (secondary N) is 1. The quantitative estimate of drug-likeness (QED) is 0.865. The van der Waals surface area contributed by atoms with Crippen LogP contribution in [0.4, 0.5) is 0 Å². The largest absolute Gasteiger partial charge is 0.354 e. The molecule has 5 nitrogen and oxygen atoms in total. The van der Waals surface area contributed by atoms with Crippen LogP contribution in [0.15, 0.2) is 30.5 Å². The number of aryl methyl sites for hydroxylation is 1. The molecule has 0 saturated heterocycles. The van der Waals surface area contributed by atoms with Crippen LogP contribution >= 0.6 is 0 Å². The lowest BCUT2D eigenvalue weighted by molar-refractivity contribution is 0.0958. The Bertz CT molecular complexity index is 533. The zero-order valence-corrected chi connectivity index (χ0v) is 9.84. The number of aromatic nitrogens is 3. The van der Waals surface area contributed by atoms with E-state index < -0.39 is 0 Å². The first-order chi connectivity index (χ1) is 8.26. The lowest BCUT2D eigenvalue weighted by atomic mass is 10.2. The molecule has 0 aromatic carbocycles. The molecule has 0 spiro atoms. The third-order valence-electron chi connectivity index (χ3n) is 2.49. The molecule has 0 bridgehead atoms. The van der Waals surface area contributed by atoms with Crippen molar-refractivity contribution < 1.29 is 4.79 Å². The first-order valence-electron chi connectivity index (χ1n) is 5.47. The molecule has 0 aliphatic heterocycles. The van der Waals surface area contributed by atoms with E-state index in [0.717, 1.165) is 17.9 Å². The standard InChI is InChI=1S/C12H14N4O/c1-3-16-11(7-8-14-16)9-5-4-6-10(15-9)12(17)13-2/h4-8H,3H2,1-2H3,(H,13,17). The number of carbonyl (C=O) groups excluding carboxylic acids is 1. The summed E-state index contributed by atoms with van der Waals surface area (Å²) in [7, 11) is 1.59. The molecule has 17 heavy (non-hydrogen) atoms. The molecule has 2 aromatic heterocycles. The van der Waals surface area contributed by atoms with E-state index in [9.17, 15) is 4.79 Å². The first kappa shape index (κ1) is 11.3. The maximum atomic E-state index is 11.5. The maximum absolute atomic E-state index is 11.5. The highest BCUT2D eigenvalue weighted by molar-refractivity contribution is 5.92. The van der Waals surface area contributed by atoms with Crippen molar-refractivity contribution in [1.29, 1.82) is 0 Å². The van der Waals surface area contributed by atoms with Crippen LogP contribution in [-0.2, 0) is 6.54 Å². The molecular formula is C12H14N4O. The summed E-state index contributed by atoms with van der Waals surface area (Å²) in [6, 6.07) is 7.27. The summed E-state index contributed by atoms with van der Waals surface area (Å²) in [5.74, 6) is -0.186. The fourth-order valence-electron chi connectivity index (χ4n) is 1.63. The Morgan fingerprint density at radius 1 is 1.41 bits per heavy atom. The summed E-state index contributed by atoms with van der Waals surface area (Å²) in [6.07, 6.45) is 1.73. The Balaban J connectivity index is 2.43. The Hall–Kier alpha value is -2.17. The zero-order chi connectivity index (χ0) is 12.3. The molecule has 0 aliphatic carbocycles. The maximum Gasteiger partial charge on any atom is 0.269 e. The fraction of sp³-hybridized carbons (Fsp3) is 0.250. The minimum atomic E-state index is -0.186. The van der Waals surface area contributed by atoms with E-state index in [-0.39, 0.29) is 5.91 Å². The molecule has 0 atom stereocenters. The summed E-state index contributed by atoms with van der Waals surface area (Å²) >= 11 is 0. The van der Waals surface area contributed by atoms with Gasteiger partial charge in [-0.2, -0.15) is 5.10 Å². The van der Waals surface area contributed by atoms with Crippen molar-refractivity contribution in [2.75, 3.05) is 7.05 Å². The molecule has 0 fully saturated rings. The second-order valence-electron chi connectivity index (χ2n) is 3.52. The van der Waals surface area contributed by atoms with Gasteiger partial charge in [-0.3, -0.25) is 9.48 Å². The summed E-state index contributed by atoms with van der Waals surface area (Å²) < 4.78 is 1.84. The molecule has 2 aromatic rings. The third-order valence-corrected chi connectivity index (χ3v) is 2.49. The van der Waals surface area contributed by atoms with Crippen LogP contribution in [0, 0.1) is 0 Å². The minimum absolute atomic E-state index is 0.186. The Morgan fingerprint density at radius 2 is 2.24 bits per heavy atom. The van der Waals surface area contributed by atoms with Gasteiger partial charge in [0.25, 0.3) is 5.91 Å². The van der Waals surface area contributed by atoms with Crippen LogP contribution < -0.4 is 5.32 Å². The SMILES string of the molecule is CCn1nccc1-c1cccc(C(=O)NC)n1. The van der Waals surface area contributed by atoms with Gasteiger partial charge in [0, 0.05) is 19.8 Å². The van der Waals surface area contributed by atoms with Crippen LogP contribution in [0.3, 0.4) is 0 Å². The monoisotopic (exact) mass is 230 g/mol. The van der Waals surface area contributed by atoms with Gasteiger partial charge in [0.05, 0.1) is 11.4 Å². The van der Waals surface area contributed by atoms with E-state index in [1.54, 1.807) is 19.3 Å². The summed E-state index contributed by atoms with van der Waals surface area (Å²) in [5, 5.41) is 6.74. The van der Waals surface area contributed by atoms with Crippen LogP contribution in [0.1, 0.15) is 17.4 Å². The highest BCUT2D eigenvalue weighted by atomic mass is 16.1. The molecule has 1 amide bonds.